The first-order valence-electron chi connectivity index (χ1n) is 5.69. The van der Waals surface area contributed by atoms with Crippen molar-refractivity contribution in [1.29, 1.82) is 0 Å². The van der Waals surface area contributed by atoms with E-state index in [-0.39, 0.29) is 0 Å². The van der Waals surface area contributed by atoms with E-state index in [2.05, 4.69) is 46.2 Å². The van der Waals surface area contributed by atoms with Crippen molar-refractivity contribution >= 4 is 5.95 Å². The molecule has 0 amide bonds. The molecule has 1 aromatic heterocycles. The van der Waals surface area contributed by atoms with Crippen LogP contribution in [0.15, 0.2) is 18.2 Å². The van der Waals surface area contributed by atoms with E-state index in [0.717, 1.165) is 5.56 Å². The van der Waals surface area contributed by atoms with Gasteiger partial charge >= 0.3 is 6.01 Å². The summed E-state index contributed by atoms with van der Waals surface area (Å²) in [4.78, 5) is 12.7. The summed E-state index contributed by atoms with van der Waals surface area (Å²) in [7, 11) is 3.30. The smallest absolute Gasteiger partial charge is 0.321 e. The van der Waals surface area contributed by atoms with Gasteiger partial charge in [0.15, 0.2) is 5.82 Å². The summed E-state index contributed by atoms with van der Waals surface area (Å²) >= 11 is 0. The first kappa shape index (κ1) is 12.3. The Balaban J connectivity index is 2.51. The number of anilines is 1. The molecule has 18 heavy (non-hydrogen) atoms. The van der Waals surface area contributed by atoms with Crippen molar-refractivity contribution in [3.8, 4) is 17.4 Å². The van der Waals surface area contributed by atoms with Gasteiger partial charge in [0.1, 0.15) is 0 Å². The lowest BCUT2D eigenvalue weighted by atomic mass is 10.1. The van der Waals surface area contributed by atoms with Crippen LogP contribution in [0, 0.1) is 13.8 Å². The predicted octanol–water partition coefficient (Wildman–Crippen LogP) is 2.21. The SMILES string of the molecule is CNc1nc(OC)nc(-c2ccc(C)c(C)c2)n1. The molecule has 0 aliphatic heterocycles. The van der Waals surface area contributed by atoms with Gasteiger partial charge in [-0.2, -0.15) is 15.0 Å². The van der Waals surface area contributed by atoms with Gasteiger partial charge in [-0.05, 0) is 31.0 Å². The molecule has 0 unspecified atom stereocenters. The maximum atomic E-state index is 5.07. The molecule has 0 atom stereocenters. The number of hydrogen-bond acceptors (Lipinski definition) is 5. The third kappa shape index (κ3) is 2.40. The van der Waals surface area contributed by atoms with Gasteiger partial charge in [-0.3, -0.25) is 0 Å². The Kier molecular flexibility index (Phi) is 3.41. The van der Waals surface area contributed by atoms with Crippen LogP contribution in [0.1, 0.15) is 11.1 Å². The number of ether oxygens (including phenoxy) is 1. The van der Waals surface area contributed by atoms with E-state index >= 15 is 0 Å². The van der Waals surface area contributed by atoms with Gasteiger partial charge in [-0.1, -0.05) is 12.1 Å². The zero-order valence-electron chi connectivity index (χ0n) is 11.0. The van der Waals surface area contributed by atoms with Crippen LogP contribution in [0.25, 0.3) is 11.4 Å². The average molecular weight is 244 g/mol. The zero-order valence-corrected chi connectivity index (χ0v) is 11.0. The fourth-order valence-electron chi connectivity index (χ4n) is 1.57. The largest absolute Gasteiger partial charge is 0.467 e. The summed E-state index contributed by atoms with van der Waals surface area (Å²) in [5.74, 6) is 1.10. The summed E-state index contributed by atoms with van der Waals surface area (Å²) in [6.45, 7) is 4.14. The van der Waals surface area contributed by atoms with E-state index in [1.54, 1.807) is 14.2 Å². The lowest BCUT2D eigenvalue weighted by Gasteiger charge is -2.07. The van der Waals surface area contributed by atoms with Crippen molar-refractivity contribution < 1.29 is 4.74 Å². The van der Waals surface area contributed by atoms with Gasteiger partial charge in [0.05, 0.1) is 7.11 Å². The molecule has 2 rings (SSSR count). The minimum absolute atomic E-state index is 0.308. The Hall–Kier alpha value is -2.17. The second-order valence-electron chi connectivity index (χ2n) is 4.02. The van der Waals surface area contributed by atoms with Gasteiger partial charge in [0, 0.05) is 12.6 Å². The maximum Gasteiger partial charge on any atom is 0.321 e. The van der Waals surface area contributed by atoms with Crippen LogP contribution in [0.5, 0.6) is 6.01 Å². The molecule has 0 radical (unpaired) electrons. The van der Waals surface area contributed by atoms with Crippen molar-refractivity contribution in [3.63, 3.8) is 0 Å². The number of hydrogen-bond donors (Lipinski definition) is 1. The number of nitrogens with zero attached hydrogens (tertiary/aromatic N) is 3. The van der Waals surface area contributed by atoms with E-state index in [4.69, 9.17) is 4.74 Å². The molecule has 2 aromatic rings. The Morgan fingerprint density at radius 1 is 1.06 bits per heavy atom. The average Bonchev–Trinajstić information content (AvgIpc) is 2.41. The first-order chi connectivity index (χ1) is 8.63. The lowest BCUT2D eigenvalue weighted by molar-refractivity contribution is 0.379. The molecule has 0 bridgehead atoms. The Morgan fingerprint density at radius 2 is 1.83 bits per heavy atom. The standard InChI is InChI=1S/C13H16N4O/c1-8-5-6-10(7-9(8)2)11-15-12(14-3)17-13(16-11)18-4/h5-7H,1-4H3,(H,14,15,16,17). The number of rotatable bonds is 3. The highest BCUT2D eigenvalue weighted by Crippen LogP contribution is 2.21. The van der Waals surface area contributed by atoms with E-state index in [1.165, 1.54) is 11.1 Å². The number of aromatic nitrogens is 3. The van der Waals surface area contributed by atoms with Crippen molar-refractivity contribution in [2.24, 2.45) is 0 Å². The van der Waals surface area contributed by atoms with Crippen LogP contribution in [-0.4, -0.2) is 29.1 Å². The molecule has 94 valence electrons. The van der Waals surface area contributed by atoms with Crippen LogP contribution in [0.3, 0.4) is 0 Å². The third-order valence-electron chi connectivity index (χ3n) is 2.79. The van der Waals surface area contributed by atoms with E-state index in [0.29, 0.717) is 17.8 Å². The summed E-state index contributed by atoms with van der Waals surface area (Å²) < 4.78 is 5.07. The van der Waals surface area contributed by atoms with Crippen molar-refractivity contribution in [1.82, 2.24) is 15.0 Å². The molecule has 0 fully saturated rings. The number of methoxy groups -OCH3 is 1. The van der Waals surface area contributed by atoms with Crippen LogP contribution in [0.2, 0.25) is 0 Å². The highest BCUT2D eigenvalue weighted by atomic mass is 16.5. The Morgan fingerprint density at radius 3 is 2.44 bits per heavy atom. The lowest BCUT2D eigenvalue weighted by Crippen LogP contribution is -2.03. The highest BCUT2D eigenvalue weighted by molar-refractivity contribution is 5.58. The summed E-state index contributed by atoms with van der Waals surface area (Å²) in [5, 5.41) is 2.90. The molecule has 0 aliphatic rings. The molecular weight excluding hydrogens is 228 g/mol. The molecule has 5 heteroatoms. The predicted molar refractivity (Wildman–Crippen MR) is 70.8 cm³/mol. The fraction of sp³-hybridized carbons (Fsp3) is 0.308. The molecule has 0 aliphatic carbocycles. The number of aryl methyl sites for hydroxylation is 2. The summed E-state index contributed by atoms with van der Waals surface area (Å²) in [6, 6.07) is 6.42. The first-order valence-corrected chi connectivity index (χ1v) is 5.69. The molecule has 0 saturated heterocycles. The van der Waals surface area contributed by atoms with Crippen molar-refractivity contribution in [2.45, 2.75) is 13.8 Å². The van der Waals surface area contributed by atoms with Crippen LogP contribution >= 0.6 is 0 Å². The van der Waals surface area contributed by atoms with Gasteiger partial charge in [-0.15, -0.1) is 0 Å². The Bertz CT molecular complexity index is 547. The minimum atomic E-state index is 0.308. The molecule has 0 spiro atoms. The molecule has 1 N–H and O–H groups in total. The minimum Gasteiger partial charge on any atom is -0.467 e. The van der Waals surface area contributed by atoms with Gasteiger partial charge in [0.25, 0.3) is 0 Å². The second-order valence-corrected chi connectivity index (χ2v) is 4.02. The van der Waals surface area contributed by atoms with E-state index in [9.17, 15) is 0 Å². The van der Waals surface area contributed by atoms with Crippen LogP contribution < -0.4 is 10.1 Å². The van der Waals surface area contributed by atoms with Gasteiger partial charge in [-0.25, -0.2) is 0 Å². The number of benzene rings is 1. The molecule has 5 nitrogen and oxygen atoms in total. The van der Waals surface area contributed by atoms with Crippen LogP contribution in [-0.2, 0) is 0 Å². The van der Waals surface area contributed by atoms with Gasteiger partial charge < -0.3 is 10.1 Å². The van der Waals surface area contributed by atoms with Crippen molar-refractivity contribution in [2.75, 3.05) is 19.5 Å². The quantitative estimate of drug-likeness (QED) is 0.897. The zero-order chi connectivity index (χ0) is 13.1. The van der Waals surface area contributed by atoms with E-state index < -0.39 is 0 Å². The molecular formula is C13H16N4O. The molecule has 1 aromatic carbocycles. The monoisotopic (exact) mass is 244 g/mol. The second kappa shape index (κ2) is 5.00. The van der Waals surface area contributed by atoms with Crippen molar-refractivity contribution in [3.05, 3.63) is 29.3 Å². The van der Waals surface area contributed by atoms with E-state index in [1.807, 2.05) is 6.07 Å². The molecule has 0 saturated carbocycles. The summed E-state index contributed by atoms with van der Waals surface area (Å²) in [5.41, 5.74) is 3.40. The molecule has 1 heterocycles. The topological polar surface area (TPSA) is 59.9 Å². The Labute approximate surface area is 106 Å². The fourth-order valence-corrected chi connectivity index (χ4v) is 1.57. The van der Waals surface area contributed by atoms with Gasteiger partial charge in [0.2, 0.25) is 5.95 Å². The maximum absolute atomic E-state index is 5.07. The summed E-state index contributed by atoms with van der Waals surface area (Å²) in [6.07, 6.45) is 0. The third-order valence-corrected chi connectivity index (χ3v) is 2.79. The normalized spacial score (nSPS) is 10.2. The van der Waals surface area contributed by atoms with Crippen LogP contribution in [0.4, 0.5) is 5.95 Å². The number of nitrogens with one attached hydrogen (secondary N) is 1. The highest BCUT2D eigenvalue weighted by Gasteiger charge is 2.08.